The maximum atomic E-state index is 6.53. The number of alkyl halides is 1. The van der Waals surface area contributed by atoms with Gasteiger partial charge in [0, 0.05) is 0 Å². The Morgan fingerprint density at radius 1 is 0.613 bits per heavy atom. The zero-order valence-electron chi connectivity index (χ0n) is 17.3. The van der Waals surface area contributed by atoms with Gasteiger partial charge in [0.1, 0.15) is 18.3 Å². The molecule has 0 radical (unpaired) electrons. The highest BCUT2D eigenvalue weighted by Gasteiger charge is 2.42. The van der Waals surface area contributed by atoms with Crippen LogP contribution in [0.25, 0.3) is 0 Å². The highest BCUT2D eigenvalue weighted by atomic mass is 35.5. The van der Waals surface area contributed by atoms with E-state index in [1.54, 1.807) is 0 Å². The monoisotopic (exact) mass is 438 g/mol. The molecule has 162 valence electrons. The Kier molecular flexibility index (Phi) is 8.11. The van der Waals surface area contributed by atoms with Crippen LogP contribution in [0.15, 0.2) is 91.0 Å². The van der Waals surface area contributed by atoms with Gasteiger partial charge in [-0.2, -0.15) is 0 Å². The van der Waals surface area contributed by atoms with Crippen LogP contribution in [-0.2, 0) is 38.8 Å². The van der Waals surface area contributed by atoms with Crippen LogP contribution in [0.1, 0.15) is 16.7 Å². The summed E-state index contributed by atoms with van der Waals surface area (Å²) >= 11 is 6.53. The molecular formula is C26H27ClO4. The molecule has 0 N–H and O–H groups in total. The summed E-state index contributed by atoms with van der Waals surface area (Å²) in [6, 6.07) is 30.1. The molecule has 3 aromatic carbocycles. The first-order valence-corrected chi connectivity index (χ1v) is 11.0. The Labute approximate surface area is 188 Å². The topological polar surface area (TPSA) is 36.9 Å². The van der Waals surface area contributed by atoms with Crippen molar-refractivity contribution < 1.29 is 18.9 Å². The zero-order valence-corrected chi connectivity index (χ0v) is 18.1. The quantitative estimate of drug-likeness (QED) is 0.423. The molecule has 0 bridgehead atoms. The van der Waals surface area contributed by atoms with Crippen molar-refractivity contribution in [3.63, 3.8) is 0 Å². The summed E-state index contributed by atoms with van der Waals surface area (Å²) in [6.45, 7) is 1.70. The van der Waals surface area contributed by atoms with Gasteiger partial charge in [-0.25, -0.2) is 0 Å². The summed E-state index contributed by atoms with van der Waals surface area (Å²) in [5.74, 6) is 0. The van der Waals surface area contributed by atoms with Crippen LogP contribution >= 0.6 is 11.6 Å². The van der Waals surface area contributed by atoms with Gasteiger partial charge in [-0.05, 0) is 16.7 Å². The molecule has 3 aromatic rings. The highest BCUT2D eigenvalue weighted by Crippen LogP contribution is 2.28. The molecule has 31 heavy (non-hydrogen) atoms. The van der Waals surface area contributed by atoms with E-state index in [4.69, 9.17) is 30.5 Å². The fourth-order valence-electron chi connectivity index (χ4n) is 3.56. The fourth-order valence-corrected chi connectivity index (χ4v) is 3.85. The molecule has 5 heteroatoms. The fraction of sp³-hybridized carbons (Fsp3) is 0.308. The lowest BCUT2D eigenvalue weighted by Crippen LogP contribution is -2.54. The summed E-state index contributed by atoms with van der Waals surface area (Å²) in [7, 11) is 0. The summed E-state index contributed by atoms with van der Waals surface area (Å²) in [5, 5.41) is 0. The molecule has 4 rings (SSSR count). The van der Waals surface area contributed by atoms with Crippen molar-refractivity contribution in [3.05, 3.63) is 108 Å². The van der Waals surface area contributed by atoms with Crippen LogP contribution in [0.2, 0.25) is 0 Å². The molecular weight excluding hydrogens is 412 g/mol. The molecule has 1 unspecified atom stereocenters. The van der Waals surface area contributed by atoms with Crippen molar-refractivity contribution in [1.82, 2.24) is 0 Å². The average Bonchev–Trinajstić information content (AvgIpc) is 2.83. The van der Waals surface area contributed by atoms with Gasteiger partial charge in [0.05, 0.1) is 26.4 Å². The van der Waals surface area contributed by atoms with E-state index in [1.165, 1.54) is 0 Å². The molecule has 0 amide bonds. The van der Waals surface area contributed by atoms with E-state index in [-0.39, 0.29) is 12.2 Å². The van der Waals surface area contributed by atoms with Crippen LogP contribution in [0.3, 0.4) is 0 Å². The highest BCUT2D eigenvalue weighted by molar-refractivity contribution is 6.20. The first-order valence-electron chi connectivity index (χ1n) is 10.5. The van der Waals surface area contributed by atoms with Crippen molar-refractivity contribution in [2.45, 2.75) is 43.7 Å². The first-order chi connectivity index (χ1) is 15.3. The standard InChI is InChI=1S/C26H27ClO4/c27-26-25(30-18-22-14-8-3-9-15-22)24(29-17-21-12-6-2-7-13-21)23(19-31-26)28-16-20-10-4-1-5-11-20/h1-15,23-26H,16-19H2/t23-,24+,25-,26?/m1/s1. The van der Waals surface area contributed by atoms with E-state index in [2.05, 4.69) is 0 Å². The molecule has 1 aliphatic rings. The van der Waals surface area contributed by atoms with Crippen molar-refractivity contribution in [3.8, 4) is 0 Å². The lowest BCUT2D eigenvalue weighted by molar-refractivity contribution is -0.221. The van der Waals surface area contributed by atoms with Crippen molar-refractivity contribution in [2.24, 2.45) is 0 Å². The predicted molar refractivity (Wildman–Crippen MR) is 121 cm³/mol. The van der Waals surface area contributed by atoms with E-state index >= 15 is 0 Å². The minimum absolute atomic E-state index is 0.292. The second-order valence-corrected chi connectivity index (χ2v) is 7.97. The maximum Gasteiger partial charge on any atom is 0.159 e. The summed E-state index contributed by atoms with van der Waals surface area (Å²) in [6.07, 6.45) is -1.11. The van der Waals surface area contributed by atoms with Crippen molar-refractivity contribution in [1.29, 1.82) is 0 Å². The predicted octanol–water partition coefficient (Wildman–Crippen LogP) is 5.34. The lowest BCUT2D eigenvalue weighted by Gasteiger charge is -2.40. The molecule has 1 heterocycles. The minimum atomic E-state index is -0.610. The number of ether oxygens (including phenoxy) is 4. The third kappa shape index (κ3) is 6.39. The van der Waals surface area contributed by atoms with Gasteiger partial charge in [-0.15, -0.1) is 0 Å². The summed E-state index contributed by atoms with van der Waals surface area (Å²) in [5.41, 5.74) is 2.64. The molecule has 1 fully saturated rings. The second-order valence-electron chi connectivity index (χ2n) is 7.54. The largest absolute Gasteiger partial charge is 0.368 e. The molecule has 0 spiro atoms. The third-order valence-corrected chi connectivity index (χ3v) is 5.62. The molecule has 4 nitrogen and oxygen atoms in total. The van der Waals surface area contributed by atoms with E-state index in [9.17, 15) is 0 Å². The molecule has 0 aromatic heterocycles. The number of hydrogen-bond acceptors (Lipinski definition) is 4. The zero-order chi connectivity index (χ0) is 21.3. The van der Waals surface area contributed by atoms with E-state index < -0.39 is 11.7 Å². The van der Waals surface area contributed by atoms with Gasteiger partial charge in [0.25, 0.3) is 0 Å². The van der Waals surface area contributed by atoms with Crippen LogP contribution in [-0.4, -0.2) is 30.5 Å². The maximum absolute atomic E-state index is 6.53. The number of hydrogen-bond donors (Lipinski definition) is 0. The van der Waals surface area contributed by atoms with Crippen LogP contribution < -0.4 is 0 Å². The van der Waals surface area contributed by atoms with Gasteiger partial charge in [-0.3, -0.25) is 0 Å². The summed E-state index contributed by atoms with van der Waals surface area (Å²) < 4.78 is 24.5. The molecule has 1 saturated heterocycles. The third-order valence-electron chi connectivity index (χ3n) is 5.25. The van der Waals surface area contributed by atoms with Gasteiger partial charge in [-0.1, -0.05) is 103 Å². The Morgan fingerprint density at radius 3 is 1.52 bits per heavy atom. The first kappa shape index (κ1) is 22.0. The summed E-state index contributed by atoms with van der Waals surface area (Å²) in [4.78, 5) is 0. The Morgan fingerprint density at radius 2 is 1.03 bits per heavy atom. The van der Waals surface area contributed by atoms with E-state index in [0.29, 0.717) is 26.4 Å². The molecule has 4 atom stereocenters. The van der Waals surface area contributed by atoms with Gasteiger partial charge < -0.3 is 18.9 Å². The normalized spacial score (nSPS) is 23.5. The number of rotatable bonds is 9. The molecule has 0 saturated carbocycles. The molecule has 1 aliphatic heterocycles. The minimum Gasteiger partial charge on any atom is -0.368 e. The Hall–Kier alpha value is -2.21. The van der Waals surface area contributed by atoms with Crippen LogP contribution in [0.5, 0.6) is 0 Å². The number of benzene rings is 3. The van der Waals surface area contributed by atoms with Gasteiger partial charge >= 0.3 is 0 Å². The Bertz CT molecular complexity index is 891. The Balaban J connectivity index is 1.46. The smallest absolute Gasteiger partial charge is 0.159 e. The van der Waals surface area contributed by atoms with Gasteiger partial charge in [0.15, 0.2) is 5.56 Å². The number of halogens is 1. The van der Waals surface area contributed by atoms with Gasteiger partial charge in [0.2, 0.25) is 0 Å². The van der Waals surface area contributed by atoms with Crippen LogP contribution in [0.4, 0.5) is 0 Å². The van der Waals surface area contributed by atoms with Crippen molar-refractivity contribution >= 4 is 11.6 Å². The van der Waals surface area contributed by atoms with E-state index in [1.807, 2.05) is 91.0 Å². The SMILES string of the molecule is ClC1OC[C@@H](OCc2ccccc2)[C@H](OCc2ccccc2)[C@H]1OCc1ccccc1. The van der Waals surface area contributed by atoms with Crippen molar-refractivity contribution in [2.75, 3.05) is 6.61 Å². The van der Waals surface area contributed by atoms with E-state index in [0.717, 1.165) is 16.7 Å². The molecule has 0 aliphatic carbocycles. The lowest BCUT2D eigenvalue weighted by atomic mass is 10.1. The average molecular weight is 439 g/mol. The van der Waals surface area contributed by atoms with Crippen LogP contribution in [0, 0.1) is 0 Å². The second kappa shape index (κ2) is 11.4.